The minimum atomic E-state index is 0.143. The average molecular weight is 277 g/mol. The SMILES string of the molecule is CC1CC(NC2CC2)(c2nc3c(s2)CCC3)CN1C. The Hall–Kier alpha value is -0.450. The van der Waals surface area contributed by atoms with Crippen molar-refractivity contribution in [3.05, 3.63) is 15.6 Å². The molecule has 2 aliphatic carbocycles. The summed E-state index contributed by atoms with van der Waals surface area (Å²) in [5, 5.41) is 5.31. The molecular formula is C15H23N3S. The molecule has 1 aromatic rings. The zero-order valence-corrected chi connectivity index (χ0v) is 12.7. The van der Waals surface area contributed by atoms with Gasteiger partial charge in [-0.15, -0.1) is 11.3 Å². The molecule has 4 rings (SSSR count). The third-order valence-corrected chi connectivity index (χ3v) is 6.34. The quantitative estimate of drug-likeness (QED) is 0.919. The first-order valence-corrected chi connectivity index (χ1v) is 8.45. The summed E-state index contributed by atoms with van der Waals surface area (Å²) in [6, 6.07) is 1.41. The van der Waals surface area contributed by atoms with Crippen LogP contribution in [-0.4, -0.2) is 35.6 Å². The predicted octanol–water partition coefficient (Wildman–Crippen LogP) is 2.30. The maximum absolute atomic E-state index is 5.02. The third kappa shape index (κ3) is 2.05. The second-order valence-electron chi connectivity index (χ2n) is 6.71. The minimum absolute atomic E-state index is 0.143. The van der Waals surface area contributed by atoms with Crippen LogP contribution >= 0.6 is 11.3 Å². The highest BCUT2D eigenvalue weighted by Gasteiger charge is 2.47. The molecule has 104 valence electrons. The van der Waals surface area contributed by atoms with Gasteiger partial charge in [0.05, 0.1) is 11.2 Å². The molecular weight excluding hydrogens is 254 g/mol. The van der Waals surface area contributed by atoms with E-state index in [4.69, 9.17) is 4.98 Å². The minimum Gasteiger partial charge on any atom is -0.301 e. The van der Waals surface area contributed by atoms with E-state index in [-0.39, 0.29) is 5.54 Å². The van der Waals surface area contributed by atoms with Crippen molar-refractivity contribution in [3.8, 4) is 0 Å². The number of hydrogen-bond donors (Lipinski definition) is 1. The lowest BCUT2D eigenvalue weighted by Gasteiger charge is -2.28. The Bertz CT molecular complexity index is 455. The van der Waals surface area contributed by atoms with E-state index in [1.807, 2.05) is 11.3 Å². The summed E-state index contributed by atoms with van der Waals surface area (Å²) < 4.78 is 0. The predicted molar refractivity (Wildman–Crippen MR) is 78.7 cm³/mol. The van der Waals surface area contributed by atoms with E-state index in [0.717, 1.165) is 12.6 Å². The van der Waals surface area contributed by atoms with Crippen LogP contribution in [-0.2, 0) is 18.4 Å². The first-order valence-electron chi connectivity index (χ1n) is 7.63. The monoisotopic (exact) mass is 277 g/mol. The lowest BCUT2D eigenvalue weighted by molar-refractivity contribution is 0.297. The molecule has 4 heteroatoms. The normalized spacial score (nSPS) is 34.9. The lowest BCUT2D eigenvalue weighted by atomic mass is 9.96. The van der Waals surface area contributed by atoms with Crippen LogP contribution in [0, 0.1) is 0 Å². The van der Waals surface area contributed by atoms with E-state index in [9.17, 15) is 0 Å². The second kappa shape index (κ2) is 4.27. The summed E-state index contributed by atoms with van der Waals surface area (Å²) in [7, 11) is 2.25. The van der Waals surface area contributed by atoms with Gasteiger partial charge in [-0.1, -0.05) is 0 Å². The number of thiazole rings is 1. The van der Waals surface area contributed by atoms with Gasteiger partial charge in [-0.3, -0.25) is 0 Å². The number of aromatic nitrogens is 1. The fourth-order valence-electron chi connectivity index (χ4n) is 3.64. The molecule has 2 fully saturated rings. The number of nitrogens with zero attached hydrogens (tertiary/aromatic N) is 2. The zero-order valence-electron chi connectivity index (χ0n) is 11.9. The number of aryl methyl sites for hydroxylation is 2. The van der Waals surface area contributed by atoms with E-state index < -0.39 is 0 Å². The molecule has 0 bridgehead atoms. The van der Waals surface area contributed by atoms with Gasteiger partial charge in [-0.2, -0.15) is 0 Å². The molecule has 0 radical (unpaired) electrons. The third-order valence-electron chi connectivity index (χ3n) is 4.98. The van der Waals surface area contributed by atoms with Crippen LogP contribution in [0.4, 0.5) is 0 Å². The first kappa shape index (κ1) is 12.3. The molecule has 0 amide bonds. The maximum Gasteiger partial charge on any atom is 0.115 e. The summed E-state index contributed by atoms with van der Waals surface area (Å²) in [6.07, 6.45) is 7.70. The molecule has 2 atom stereocenters. The van der Waals surface area contributed by atoms with Gasteiger partial charge in [0.2, 0.25) is 0 Å². The molecule has 3 aliphatic rings. The summed E-state index contributed by atoms with van der Waals surface area (Å²) >= 11 is 1.99. The van der Waals surface area contributed by atoms with Crippen LogP contribution in [0.2, 0.25) is 0 Å². The molecule has 1 saturated carbocycles. The Balaban J connectivity index is 1.68. The molecule has 1 aliphatic heterocycles. The van der Waals surface area contributed by atoms with Crippen molar-refractivity contribution in [2.45, 2.75) is 63.1 Å². The van der Waals surface area contributed by atoms with Crippen molar-refractivity contribution in [1.82, 2.24) is 15.2 Å². The Morgan fingerprint density at radius 3 is 2.84 bits per heavy atom. The standard InChI is InChI=1S/C15H23N3S/c1-10-8-15(9-18(10)2,17-11-6-7-11)14-16-12-4-3-5-13(12)19-14/h10-11,17H,3-9H2,1-2H3. The van der Waals surface area contributed by atoms with Crippen LogP contribution in [0.3, 0.4) is 0 Å². The number of fused-ring (bicyclic) bond motifs is 1. The van der Waals surface area contributed by atoms with Gasteiger partial charge in [0, 0.05) is 23.5 Å². The summed E-state index contributed by atoms with van der Waals surface area (Å²) in [5.74, 6) is 0. The van der Waals surface area contributed by atoms with E-state index in [1.165, 1.54) is 49.2 Å². The van der Waals surface area contributed by atoms with E-state index in [1.54, 1.807) is 4.88 Å². The Morgan fingerprint density at radius 2 is 2.21 bits per heavy atom. The Labute approximate surface area is 119 Å². The van der Waals surface area contributed by atoms with Gasteiger partial charge < -0.3 is 10.2 Å². The largest absolute Gasteiger partial charge is 0.301 e. The molecule has 0 aromatic carbocycles. The van der Waals surface area contributed by atoms with Crippen LogP contribution < -0.4 is 5.32 Å². The number of likely N-dealkylation sites (N-methyl/N-ethyl adjacent to an activating group) is 1. The summed E-state index contributed by atoms with van der Waals surface area (Å²) in [6.45, 7) is 3.47. The first-order chi connectivity index (χ1) is 9.16. The Kier molecular flexibility index (Phi) is 2.77. The van der Waals surface area contributed by atoms with E-state index in [2.05, 4.69) is 24.2 Å². The van der Waals surface area contributed by atoms with Crippen molar-refractivity contribution >= 4 is 11.3 Å². The van der Waals surface area contributed by atoms with Gasteiger partial charge in [-0.05, 0) is 52.5 Å². The highest BCUT2D eigenvalue weighted by molar-refractivity contribution is 7.12. The highest BCUT2D eigenvalue weighted by Crippen LogP contribution is 2.42. The van der Waals surface area contributed by atoms with Crippen LogP contribution in [0.25, 0.3) is 0 Å². The fraction of sp³-hybridized carbons (Fsp3) is 0.800. The maximum atomic E-state index is 5.02. The summed E-state index contributed by atoms with van der Waals surface area (Å²) in [5.41, 5.74) is 1.55. The zero-order chi connectivity index (χ0) is 13.0. The van der Waals surface area contributed by atoms with Crippen molar-refractivity contribution in [1.29, 1.82) is 0 Å². The van der Waals surface area contributed by atoms with Crippen LogP contribution in [0.15, 0.2) is 0 Å². The van der Waals surface area contributed by atoms with E-state index >= 15 is 0 Å². The van der Waals surface area contributed by atoms with Gasteiger partial charge in [0.15, 0.2) is 0 Å². The molecule has 1 N–H and O–H groups in total. The number of nitrogens with one attached hydrogen (secondary N) is 1. The van der Waals surface area contributed by atoms with Crippen molar-refractivity contribution in [2.24, 2.45) is 0 Å². The molecule has 0 spiro atoms. The molecule has 2 unspecified atom stereocenters. The second-order valence-corrected chi connectivity index (χ2v) is 7.80. The molecule has 19 heavy (non-hydrogen) atoms. The fourth-order valence-corrected chi connectivity index (χ4v) is 4.94. The van der Waals surface area contributed by atoms with E-state index in [0.29, 0.717) is 6.04 Å². The molecule has 3 nitrogen and oxygen atoms in total. The average Bonchev–Trinajstić information content (AvgIpc) is 2.80. The van der Waals surface area contributed by atoms with Crippen LogP contribution in [0.1, 0.15) is 48.2 Å². The van der Waals surface area contributed by atoms with Gasteiger partial charge in [0.25, 0.3) is 0 Å². The topological polar surface area (TPSA) is 28.2 Å². The van der Waals surface area contributed by atoms with Gasteiger partial charge in [-0.25, -0.2) is 4.98 Å². The smallest absolute Gasteiger partial charge is 0.115 e. The van der Waals surface area contributed by atoms with Crippen LogP contribution in [0.5, 0.6) is 0 Å². The summed E-state index contributed by atoms with van der Waals surface area (Å²) in [4.78, 5) is 9.08. The number of rotatable bonds is 3. The van der Waals surface area contributed by atoms with Crippen molar-refractivity contribution < 1.29 is 0 Å². The molecule has 1 saturated heterocycles. The number of hydrogen-bond acceptors (Lipinski definition) is 4. The van der Waals surface area contributed by atoms with Gasteiger partial charge in [0.1, 0.15) is 5.01 Å². The highest BCUT2D eigenvalue weighted by atomic mass is 32.1. The Morgan fingerprint density at radius 1 is 1.37 bits per heavy atom. The molecule has 2 heterocycles. The van der Waals surface area contributed by atoms with Crippen molar-refractivity contribution in [2.75, 3.05) is 13.6 Å². The lowest BCUT2D eigenvalue weighted by Crippen LogP contribution is -2.45. The van der Waals surface area contributed by atoms with Crippen molar-refractivity contribution in [3.63, 3.8) is 0 Å². The van der Waals surface area contributed by atoms with Gasteiger partial charge >= 0.3 is 0 Å². The molecule has 1 aromatic heterocycles. The number of likely N-dealkylation sites (tertiary alicyclic amines) is 1.